The maximum atomic E-state index is 13.7. The Morgan fingerprint density at radius 2 is 2.00 bits per heavy atom. The van der Waals surface area contributed by atoms with Gasteiger partial charge in [-0.3, -0.25) is 4.79 Å². The number of halogens is 1. The first kappa shape index (κ1) is 18.1. The lowest BCUT2D eigenvalue weighted by molar-refractivity contribution is 0.102. The molecule has 1 saturated heterocycles. The smallest absolute Gasteiger partial charge is 0.276 e. The van der Waals surface area contributed by atoms with Crippen LogP contribution < -0.4 is 20.3 Å². The van der Waals surface area contributed by atoms with Crippen LogP contribution in [-0.2, 0) is 0 Å². The number of aromatic nitrogens is 2. The van der Waals surface area contributed by atoms with E-state index in [-0.39, 0.29) is 11.8 Å². The van der Waals surface area contributed by atoms with Gasteiger partial charge in [-0.05, 0) is 32.0 Å². The van der Waals surface area contributed by atoms with Gasteiger partial charge in [0.25, 0.3) is 5.91 Å². The van der Waals surface area contributed by atoms with E-state index in [1.54, 1.807) is 18.2 Å². The molecule has 1 aliphatic heterocycles. The van der Waals surface area contributed by atoms with Crippen molar-refractivity contribution in [1.82, 2.24) is 15.5 Å². The predicted molar refractivity (Wildman–Crippen MR) is 97.2 cm³/mol. The monoisotopic (exact) mass is 359 g/mol. The molecule has 1 fully saturated rings. The second-order valence-electron chi connectivity index (χ2n) is 6.31. The first-order valence-corrected chi connectivity index (χ1v) is 8.59. The number of amides is 1. The molecule has 0 unspecified atom stereocenters. The van der Waals surface area contributed by atoms with Crippen LogP contribution in [0.25, 0.3) is 0 Å². The normalized spacial score (nSPS) is 14.4. The van der Waals surface area contributed by atoms with E-state index in [2.05, 4.69) is 25.7 Å². The van der Waals surface area contributed by atoms with Gasteiger partial charge in [-0.2, -0.15) is 0 Å². The number of anilines is 2. The van der Waals surface area contributed by atoms with Crippen LogP contribution in [0, 0.1) is 5.82 Å². The van der Waals surface area contributed by atoms with Crippen molar-refractivity contribution in [2.45, 2.75) is 20.0 Å². The van der Waals surface area contributed by atoms with Crippen LogP contribution in [0.1, 0.15) is 24.3 Å². The third-order valence-corrected chi connectivity index (χ3v) is 3.83. The lowest BCUT2D eigenvalue weighted by Crippen LogP contribution is -2.44. The van der Waals surface area contributed by atoms with Crippen LogP contribution >= 0.6 is 0 Å². The van der Waals surface area contributed by atoms with E-state index in [0.29, 0.717) is 11.4 Å². The number of rotatable bonds is 5. The summed E-state index contributed by atoms with van der Waals surface area (Å²) in [6.07, 6.45) is -0.0938. The molecule has 0 aliphatic carbocycles. The van der Waals surface area contributed by atoms with Gasteiger partial charge in [0.05, 0.1) is 6.10 Å². The molecule has 1 amide bonds. The summed E-state index contributed by atoms with van der Waals surface area (Å²) in [5.74, 6) is 0.154. The predicted octanol–water partition coefficient (Wildman–Crippen LogP) is 2.06. The largest absolute Gasteiger partial charge is 0.491 e. The molecule has 0 bridgehead atoms. The Labute approximate surface area is 151 Å². The van der Waals surface area contributed by atoms with Crippen molar-refractivity contribution in [3.8, 4) is 5.75 Å². The number of hydrogen-bond donors (Lipinski definition) is 2. The highest BCUT2D eigenvalue weighted by molar-refractivity contribution is 6.02. The Bertz CT molecular complexity index is 761. The van der Waals surface area contributed by atoms with E-state index in [4.69, 9.17) is 4.74 Å². The first-order chi connectivity index (χ1) is 12.5. The minimum Gasteiger partial charge on any atom is -0.491 e. The van der Waals surface area contributed by atoms with Gasteiger partial charge in [0.1, 0.15) is 11.6 Å². The second-order valence-corrected chi connectivity index (χ2v) is 6.31. The van der Waals surface area contributed by atoms with Gasteiger partial charge in [-0.15, -0.1) is 10.2 Å². The molecule has 1 aromatic heterocycles. The van der Waals surface area contributed by atoms with Crippen LogP contribution in [0.4, 0.5) is 15.9 Å². The lowest BCUT2D eigenvalue weighted by atomic mass is 10.2. The molecular weight excluding hydrogens is 337 g/mol. The van der Waals surface area contributed by atoms with E-state index in [1.807, 2.05) is 13.8 Å². The van der Waals surface area contributed by atoms with Crippen molar-refractivity contribution in [3.63, 3.8) is 0 Å². The Morgan fingerprint density at radius 1 is 1.23 bits per heavy atom. The first-order valence-electron chi connectivity index (χ1n) is 8.59. The summed E-state index contributed by atoms with van der Waals surface area (Å²) in [5.41, 5.74) is 0.470. The fraction of sp³-hybridized carbons (Fsp3) is 0.389. The molecule has 2 N–H and O–H groups in total. The van der Waals surface area contributed by atoms with E-state index in [1.165, 1.54) is 12.1 Å². The minimum absolute atomic E-state index is 0.0938. The van der Waals surface area contributed by atoms with Crippen molar-refractivity contribution < 1.29 is 13.9 Å². The van der Waals surface area contributed by atoms with Crippen molar-refractivity contribution in [2.75, 3.05) is 36.4 Å². The fourth-order valence-electron chi connectivity index (χ4n) is 2.68. The number of piperazine rings is 1. The van der Waals surface area contributed by atoms with Gasteiger partial charge in [-0.1, -0.05) is 0 Å². The molecule has 1 aliphatic rings. The number of carbonyl (C=O) groups excluding carboxylic acids is 1. The molecule has 0 saturated carbocycles. The second kappa shape index (κ2) is 8.09. The average molecular weight is 359 g/mol. The quantitative estimate of drug-likeness (QED) is 0.851. The topological polar surface area (TPSA) is 79.4 Å². The van der Waals surface area contributed by atoms with E-state index in [0.717, 1.165) is 32.0 Å². The number of nitrogens with zero attached hydrogens (tertiary/aromatic N) is 3. The van der Waals surface area contributed by atoms with Crippen LogP contribution in [0.3, 0.4) is 0 Å². The molecular formula is C18H22FN5O2. The third kappa shape index (κ3) is 4.66. The standard InChI is InChI=1S/C18H22FN5O2/c1-12(2)26-15-10-13(19)9-14(11-15)21-18(25)16-3-4-17(23-22-16)24-7-5-20-6-8-24/h3-4,9-12,20H,5-8H2,1-2H3,(H,21,25). The van der Waals surface area contributed by atoms with Crippen LogP contribution in [0.15, 0.2) is 30.3 Å². The van der Waals surface area contributed by atoms with E-state index >= 15 is 0 Å². The zero-order chi connectivity index (χ0) is 18.5. The molecule has 2 heterocycles. The zero-order valence-corrected chi connectivity index (χ0v) is 14.8. The van der Waals surface area contributed by atoms with Gasteiger partial charge in [0.2, 0.25) is 0 Å². The molecule has 1 aromatic carbocycles. The summed E-state index contributed by atoms with van der Waals surface area (Å²) in [4.78, 5) is 14.5. The molecule has 138 valence electrons. The maximum Gasteiger partial charge on any atom is 0.276 e. The summed E-state index contributed by atoms with van der Waals surface area (Å²) in [5, 5.41) is 14.0. The fourth-order valence-corrected chi connectivity index (χ4v) is 2.68. The number of hydrogen-bond acceptors (Lipinski definition) is 6. The maximum absolute atomic E-state index is 13.7. The molecule has 7 nitrogen and oxygen atoms in total. The minimum atomic E-state index is -0.487. The number of ether oxygens (including phenoxy) is 1. The number of carbonyl (C=O) groups is 1. The van der Waals surface area contributed by atoms with Crippen molar-refractivity contribution in [1.29, 1.82) is 0 Å². The molecule has 0 radical (unpaired) electrons. The van der Waals surface area contributed by atoms with Gasteiger partial charge in [0.15, 0.2) is 11.5 Å². The van der Waals surface area contributed by atoms with Crippen LogP contribution in [0.2, 0.25) is 0 Å². The number of nitrogens with one attached hydrogen (secondary N) is 2. The Balaban J connectivity index is 1.68. The van der Waals surface area contributed by atoms with Gasteiger partial charge >= 0.3 is 0 Å². The van der Waals surface area contributed by atoms with Gasteiger partial charge in [0, 0.05) is 44.0 Å². The van der Waals surface area contributed by atoms with E-state index in [9.17, 15) is 9.18 Å². The average Bonchev–Trinajstić information content (AvgIpc) is 2.61. The highest BCUT2D eigenvalue weighted by Gasteiger charge is 2.15. The summed E-state index contributed by atoms with van der Waals surface area (Å²) < 4.78 is 19.2. The molecule has 0 atom stereocenters. The van der Waals surface area contributed by atoms with Crippen molar-refractivity contribution >= 4 is 17.4 Å². The van der Waals surface area contributed by atoms with Gasteiger partial charge in [-0.25, -0.2) is 4.39 Å². The molecule has 2 aromatic rings. The summed E-state index contributed by atoms with van der Waals surface area (Å²) in [6.45, 7) is 7.18. The molecule has 26 heavy (non-hydrogen) atoms. The number of benzene rings is 1. The highest BCUT2D eigenvalue weighted by Crippen LogP contribution is 2.22. The highest BCUT2D eigenvalue weighted by atomic mass is 19.1. The van der Waals surface area contributed by atoms with Crippen molar-refractivity contribution in [3.05, 3.63) is 41.8 Å². The molecule has 3 rings (SSSR count). The lowest BCUT2D eigenvalue weighted by Gasteiger charge is -2.27. The summed E-state index contributed by atoms with van der Waals surface area (Å²) >= 11 is 0. The molecule has 8 heteroatoms. The van der Waals surface area contributed by atoms with Crippen molar-refractivity contribution in [2.24, 2.45) is 0 Å². The Morgan fingerprint density at radius 3 is 2.65 bits per heavy atom. The zero-order valence-electron chi connectivity index (χ0n) is 14.8. The molecule has 0 spiro atoms. The Kier molecular flexibility index (Phi) is 5.62. The summed E-state index contributed by atoms with van der Waals surface area (Å²) in [7, 11) is 0. The van der Waals surface area contributed by atoms with Crippen LogP contribution in [-0.4, -0.2) is 48.4 Å². The third-order valence-electron chi connectivity index (χ3n) is 3.83. The SMILES string of the molecule is CC(C)Oc1cc(F)cc(NC(=O)c2ccc(N3CCNCC3)nn2)c1. The van der Waals surface area contributed by atoms with E-state index < -0.39 is 11.7 Å². The van der Waals surface area contributed by atoms with Crippen LogP contribution in [0.5, 0.6) is 5.75 Å². The van der Waals surface area contributed by atoms with Gasteiger partial charge < -0.3 is 20.3 Å². The summed E-state index contributed by atoms with van der Waals surface area (Å²) in [6, 6.07) is 7.46. The Hall–Kier alpha value is -2.74.